The second-order valence-electron chi connectivity index (χ2n) is 4.70. The molecule has 0 heterocycles. The molecule has 0 bridgehead atoms. The number of hydrogen-bond donors (Lipinski definition) is 2. The average molecular weight is 305 g/mol. The lowest BCUT2D eigenvalue weighted by atomic mass is 10.1. The van der Waals surface area contributed by atoms with Gasteiger partial charge in [0, 0.05) is 13.6 Å². The first-order valence-corrected chi connectivity index (χ1v) is 6.55. The maximum Gasteiger partial charge on any atom is 0.169 e. The first-order chi connectivity index (χ1) is 9.93. The van der Waals surface area contributed by atoms with E-state index in [0.29, 0.717) is 12.1 Å². The van der Waals surface area contributed by atoms with E-state index in [1.807, 2.05) is 6.07 Å². The van der Waals surface area contributed by atoms with Gasteiger partial charge in [0.15, 0.2) is 5.82 Å². The first-order valence-electron chi connectivity index (χ1n) is 6.17. The Balaban J connectivity index is 2.35. The van der Waals surface area contributed by atoms with Crippen LogP contribution in [-0.4, -0.2) is 7.05 Å². The lowest BCUT2D eigenvalue weighted by molar-refractivity contribution is 0.624. The van der Waals surface area contributed by atoms with Crippen molar-refractivity contribution in [1.29, 1.82) is 5.26 Å². The molecule has 0 fully saturated rings. The van der Waals surface area contributed by atoms with E-state index < -0.39 is 5.82 Å². The van der Waals surface area contributed by atoms with Gasteiger partial charge >= 0.3 is 0 Å². The molecular weight excluding hydrogens is 291 g/mol. The van der Waals surface area contributed by atoms with Crippen molar-refractivity contribution < 1.29 is 4.39 Å². The fraction of sp³-hybridized carbons (Fsp3) is 0.133. The molecule has 0 amide bonds. The van der Waals surface area contributed by atoms with Crippen molar-refractivity contribution in [2.45, 2.75) is 6.54 Å². The van der Waals surface area contributed by atoms with Gasteiger partial charge in [-0.25, -0.2) is 4.39 Å². The van der Waals surface area contributed by atoms with Crippen LogP contribution in [0.15, 0.2) is 30.3 Å². The van der Waals surface area contributed by atoms with Crippen LogP contribution in [0.4, 0.5) is 21.5 Å². The Morgan fingerprint density at radius 2 is 2.00 bits per heavy atom. The van der Waals surface area contributed by atoms with E-state index in [9.17, 15) is 4.39 Å². The van der Waals surface area contributed by atoms with E-state index in [1.165, 1.54) is 6.07 Å². The normalized spacial score (nSPS) is 10.2. The predicted molar refractivity (Wildman–Crippen MR) is 83.5 cm³/mol. The van der Waals surface area contributed by atoms with Gasteiger partial charge in [-0.1, -0.05) is 23.7 Å². The number of benzene rings is 2. The minimum atomic E-state index is -0.645. The van der Waals surface area contributed by atoms with Crippen LogP contribution >= 0.6 is 11.6 Å². The highest BCUT2D eigenvalue weighted by Crippen LogP contribution is 2.36. The molecule has 0 unspecified atom stereocenters. The van der Waals surface area contributed by atoms with E-state index in [2.05, 4.69) is 6.07 Å². The van der Waals surface area contributed by atoms with Crippen molar-refractivity contribution in [2.75, 3.05) is 23.4 Å². The molecule has 0 saturated heterocycles. The van der Waals surface area contributed by atoms with Crippen molar-refractivity contribution in [2.24, 2.45) is 0 Å². The number of rotatable bonds is 3. The topological polar surface area (TPSA) is 79.1 Å². The summed E-state index contributed by atoms with van der Waals surface area (Å²) < 4.78 is 14.2. The minimum Gasteiger partial charge on any atom is -0.397 e. The average Bonchev–Trinajstić information content (AvgIpc) is 2.45. The molecule has 0 atom stereocenters. The molecule has 2 rings (SSSR count). The Morgan fingerprint density at radius 1 is 1.29 bits per heavy atom. The van der Waals surface area contributed by atoms with Crippen LogP contribution in [0, 0.1) is 17.1 Å². The third kappa shape index (κ3) is 3.01. The van der Waals surface area contributed by atoms with Crippen molar-refractivity contribution in [3.8, 4) is 6.07 Å². The Labute approximate surface area is 127 Å². The number of nitrogens with zero attached hydrogens (tertiary/aromatic N) is 2. The van der Waals surface area contributed by atoms with Gasteiger partial charge in [-0.2, -0.15) is 5.26 Å². The third-order valence-electron chi connectivity index (χ3n) is 3.10. The zero-order valence-corrected chi connectivity index (χ0v) is 12.2. The number of nitrogen functional groups attached to an aromatic ring is 2. The standard InChI is InChI=1S/C15H14ClFN4/c1-21(8-10-4-2-3-9(5-10)7-18)15-12(20)6-11(19)13(16)14(15)17/h2-6H,8,19-20H2,1H3. The van der Waals surface area contributed by atoms with Gasteiger partial charge in [0.05, 0.1) is 28.7 Å². The van der Waals surface area contributed by atoms with Crippen LogP contribution in [0.3, 0.4) is 0 Å². The summed E-state index contributed by atoms with van der Waals surface area (Å²) in [5.74, 6) is -0.645. The fourth-order valence-electron chi connectivity index (χ4n) is 2.14. The van der Waals surface area contributed by atoms with E-state index >= 15 is 0 Å². The molecule has 108 valence electrons. The molecular formula is C15H14ClFN4. The number of hydrogen-bond acceptors (Lipinski definition) is 4. The van der Waals surface area contributed by atoms with E-state index in [4.69, 9.17) is 28.3 Å². The van der Waals surface area contributed by atoms with Gasteiger partial charge in [0.2, 0.25) is 0 Å². The summed E-state index contributed by atoms with van der Waals surface area (Å²) in [5.41, 5.74) is 13.3. The fourth-order valence-corrected chi connectivity index (χ4v) is 2.28. The zero-order valence-electron chi connectivity index (χ0n) is 11.4. The summed E-state index contributed by atoms with van der Waals surface area (Å²) in [7, 11) is 1.69. The number of nitriles is 1. The lowest BCUT2D eigenvalue weighted by Gasteiger charge is -2.23. The van der Waals surface area contributed by atoms with E-state index in [1.54, 1.807) is 30.1 Å². The second kappa shape index (κ2) is 5.90. The van der Waals surface area contributed by atoms with Gasteiger partial charge in [-0.3, -0.25) is 0 Å². The largest absolute Gasteiger partial charge is 0.397 e. The van der Waals surface area contributed by atoms with Crippen LogP contribution in [-0.2, 0) is 6.54 Å². The highest BCUT2D eigenvalue weighted by atomic mass is 35.5. The van der Waals surface area contributed by atoms with Crippen LogP contribution in [0.25, 0.3) is 0 Å². The summed E-state index contributed by atoms with van der Waals surface area (Å²) in [4.78, 5) is 1.63. The van der Waals surface area contributed by atoms with Gasteiger partial charge < -0.3 is 16.4 Å². The SMILES string of the molecule is CN(Cc1cccc(C#N)c1)c1c(N)cc(N)c(Cl)c1F. The molecule has 0 aliphatic heterocycles. The molecule has 6 heteroatoms. The smallest absolute Gasteiger partial charge is 0.169 e. The van der Waals surface area contributed by atoms with Crippen molar-refractivity contribution in [1.82, 2.24) is 0 Å². The van der Waals surface area contributed by atoms with Gasteiger partial charge in [0.1, 0.15) is 5.02 Å². The second-order valence-corrected chi connectivity index (χ2v) is 5.08. The maximum atomic E-state index is 14.2. The monoisotopic (exact) mass is 304 g/mol. The van der Waals surface area contributed by atoms with Gasteiger partial charge in [-0.05, 0) is 23.8 Å². The van der Waals surface area contributed by atoms with Crippen LogP contribution in [0.1, 0.15) is 11.1 Å². The Bertz CT molecular complexity index is 724. The molecule has 2 aromatic rings. The van der Waals surface area contributed by atoms with Gasteiger partial charge in [-0.15, -0.1) is 0 Å². The minimum absolute atomic E-state index is 0.107. The number of nitrogens with two attached hydrogens (primary N) is 2. The molecule has 4 N–H and O–H groups in total. The molecule has 0 aliphatic rings. The quantitative estimate of drug-likeness (QED) is 0.854. The Morgan fingerprint density at radius 3 is 2.67 bits per heavy atom. The summed E-state index contributed by atoms with van der Waals surface area (Å²) in [6, 6.07) is 10.6. The van der Waals surface area contributed by atoms with Crippen LogP contribution in [0.2, 0.25) is 5.02 Å². The molecule has 0 radical (unpaired) electrons. The van der Waals surface area contributed by atoms with Crippen LogP contribution in [0.5, 0.6) is 0 Å². The summed E-state index contributed by atoms with van der Waals surface area (Å²) in [6.45, 7) is 0.386. The highest BCUT2D eigenvalue weighted by Gasteiger charge is 2.17. The first kappa shape index (κ1) is 14.9. The van der Waals surface area contributed by atoms with Gasteiger partial charge in [0.25, 0.3) is 0 Å². The molecule has 2 aromatic carbocycles. The predicted octanol–water partition coefficient (Wildman–Crippen LogP) is 3.15. The van der Waals surface area contributed by atoms with Crippen LogP contribution < -0.4 is 16.4 Å². The highest BCUT2D eigenvalue weighted by molar-refractivity contribution is 6.33. The zero-order chi connectivity index (χ0) is 15.6. The molecule has 4 nitrogen and oxygen atoms in total. The maximum absolute atomic E-state index is 14.2. The number of anilines is 3. The Kier molecular flexibility index (Phi) is 4.20. The molecule has 0 spiro atoms. The van der Waals surface area contributed by atoms with E-state index in [-0.39, 0.29) is 22.1 Å². The Hall–Kier alpha value is -2.45. The molecule has 0 aromatic heterocycles. The molecule has 0 aliphatic carbocycles. The lowest BCUT2D eigenvalue weighted by Crippen LogP contribution is -2.20. The van der Waals surface area contributed by atoms with Crippen molar-refractivity contribution in [3.05, 3.63) is 52.3 Å². The molecule has 0 saturated carbocycles. The van der Waals surface area contributed by atoms with Crippen molar-refractivity contribution in [3.63, 3.8) is 0 Å². The summed E-state index contributed by atoms with van der Waals surface area (Å²) >= 11 is 5.82. The number of halogens is 2. The third-order valence-corrected chi connectivity index (χ3v) is 3.48. The summed E-state index contributed by atoms with van der Waals surface area (Å²) in [5, 5.41) is 8.75. The molecule has 21 heavy (non-hydrogen) atoms. The van der Waals surface area contributed by atoms with Crippen molar-refractivity contribution >= 4 is 28.7 Å². The van der Waals surface area contributed by atoms with E-state index in [0.717, 1.165) is 5.56 Å². The summed E-state index contributed by atoms with van der Waals surface area (Å²) in [6.07, 6.45) is 0.